The van der Waals surface area contributed by atoms with Crippen molar-refractivity contribution in [3.63, 3.8) is 0 Å². The Hall–Kier alpha value is -1.81. The van der Waals surface area contributed by atoms with Crippen LogP contribution in [0.4, 0.5) is 0 Å². The first kappa shape index (κ1) is 12.6. The molecule has 1 N–H and O–H groups in total. The fourth-order valence-electron chi connectivity index (χ4n) is 2.28. The molecule has 4 nitrogen and oxygen atoms in total. The Morgan fingerprint density at radius 3 is 2.78 bits per heavy atom. The first-order chi connectivity index (χ1) is 8.58. The van der Waals surface area contributed by atoms with E-state index in [4.69, 9.17) is 4.74 Å². The highest BCUT2D eigenvalue weighted by molar-refractivity contribution is 6.10. The van der Waals surface area contributed by atoms with E-state index in [1.807, 2.05) is 36.9 Å². The molecule has 0 fully saturated rings. The van der Waals surface area contributed by atoms with Gasteiger partial charge in [-0.3, -0.25) is 4.79 Å². The molecule has 0 amide bonds. The predicted molar refractivity (Wildman–Crippen MR) is 72.5 cm³/mol. The second kappa shape index (κ2) is 4.82. The normalized spacial score (nSPS) is 10.9. The Morgan fingerprint density at radius 1 is 1.44 bits per heavy atom. The minimum atomic E-state index is 0.0933. The van der Waals surface area contributed by atoms with Gasteiger partial charge in [-0.15, -0.1) is 0 Å². The molecule has 2 aromatic rings. The van der Waals surface area contributed by atoms with E-state index in [0.717, 1.165) is 27.8 Å². The molecule has 96 valence electrons. The minimum absolute atomic E-state index is 0.0933. The molecule has 0 atom stereocenters. The zero-order valence-corrected chi connectivity index (χ0v) is 11.2. The first-order valence-corrected chi connectivity index (χ1v) is 5.90. The van der Waals surface area contributed by atoms with E-state index >= 15 is 0 Å². The first-order valence-electron chi connectivity index (χ1n) is 5.90. The van der Waals surface area contributed by atoms with Gasteiger partial charge in [0.15, 0.2) is 5.78 Å². The second-order valence-electron chi connectivity index (χ2n) is 4.47. The summed E-state index contributed by atoms with van der Waals surface area (Å²) in [6.07, 6.45) is 1.87. The number of fused-ring (bicyclic) bond motifs is 1. The molecule has 1 aromatic carbocycles. The van der Waals surface area contributed by atoms with Gasteiger partial charge in [-0.1, -0.05) is 0 Å². The van der Waals surface area contributed by atoms with Gasteiger partial charge in [0.1, 0.15) is 5.75 Å². The van der Waals surface area contributed by atoms with Crippen molar-refractivity contribution in [1.29, 1.82) is 0 Å². The number of methoxy groups -OCH3 is 1. The summed E-state index contributed by atoms with van der Waals surface area (Å²) < 4.78 is 7.34. The summed E-state index contributed by atoms with van der Waals surface area (Å²) >= 11 is 0. The van der Waals surface area contributed by atoms with Crippen molar-refractivity contribution in [2.24, 2.45) is 7.05 Å². The molecule has 18 heavy (non-hydrogen) atoms. The highest BCUT2D eigenvalue weighted by atomic mass is 16.5. The van der Waals surface area contributed by atoms with Gasteiger partial charge < -0.3 is 14.6 Å². The van der Waals surface area contributed by atoms with E-state index in [1.165, 1.54) is 0 Å². The number of carbonyl (C=O) groups is 1. The number of hydrogen-bond donors (Lipinski definition) is 1. The molecule has 0 aliphatic carbocycles. The van der Waals surface area contributed by atoms with Crippen LogP contribution in [0.25, 0.3) is 10.9 Å². The van der Waals surface area contributed by atoms with Crippen LogP contribution in [0.3, 0.4) is 0 Å². The molecule has 0 aliphatic rings. The van der Waals surface area contributed by atoms with E-state index in [9.17, 15) is 4.79 Å². The van der Waals surface area contributed by atoms with Crippen LogP contribution in [0.2, 0.25) is 0 Å². The molecule has 0 radical (unpaired) electrons. The maximum Gasteiger partial charge on any atom is 0.178 e. The lowest BCUT2D eigenvalue weighted by Gasteiger charge is -2.06. The third-order valence-corrected chi connectivity index (χ3v) is 3.04. The van der Waals surface area contributed by atoms with Crippen LogP contribution < -0.4 is 10.1 Å². The van der Waals surface area contributed by atoms with Crippen molar-refractivity contribution in [3.8, 4) is 5.75 Å². The van der Waals surface area contributed by atoms with Crippen LogP contribution >= 0.6 is 0 Å². The molecule has 1 aromatic heterocycles. The van der Waals surface area contributed by atoms with Gasteiger partial charge in [0.25, 0.3) is 0 Å². The minimum Gasteiger partial charge on any atom is -0.495 e. The van der Waals surface area contributed by atoms with Crippen LogP contribution in [-0.4, -0.2) is 31.1 Å². The maximum absolute atomic E-state index is 12.1. The number of nitrogens with one attached hydrogen (secondary N) is 1. The van der Waals surface area contributed by atoms with E-state index in [1.54, 1.807) is 14.2 Å². The average molecular weight is 246 g/mol. The topological polar surface area (TPSA) is 43.3 Å². The van der Waals surface area contributed by atoms with Crippen LogP contribution in [0.15, 0.2) is 18.3 Å². The number of ether oxygens (including phenoxy) is 1. The Labute approximate surface area is 107 Å². The Morgan fingerprint density at radius 2 is 2.17 bits per heavy atom. The quantitative estimate of drug-likeness (QED) is 0.838. The summed E-state index contributed by atoms with van der Waals surface area (Å²) in [5.74, 6) is 0.895. The van der Waals surface area contributed by atoms with E-state index in [-0.39, 0.29) is 5.78 Å². The van der Waals surface area contributed by atoms with Crippen LogP contribution in [0.5, 0.6) is 5.75 Å². The van der Waals surface area contributed by atoms with Crippen LogP contribution in [0, 0.1) is 6.92 Å². The second-order valence-corrected chi connectivity index (χ2v) is 4.47. The summed E-state index contributed by atoms with van der Waals surface area (Å²) in [6.45, 7) is 2.34. The van der Waals surface area contributed by atoms with Crippen LogP contribution in [0.1, 0.15) is 15.9 Å². The van der Waals surface area contributed by atoms with Gasteiger partial charge in [0, 0.05) is 24.2 Å². The van der Waals surface area contributed by atoms with Gasteiger partial charge in [-0.2, -0.15) is 0 Å². The number of likely N-dealkylation sites (N-methyl/N-ethyl adjacent to an activating group) is 1. The number of aromatic nitrogens is 1. The molecule has 0 bridgehead atoms. The molecule has 2 rings (SSSR count). The zero-order valence-electron chi connectivity index (χ0n) is 11.2. The van der Waals surface area contributed by atoms with Crippen molar-refractivity contribution in [2.75, 3.05) is 20.7 Å². The Bertz CT molecular complexity index is 599. The third-order valence-electron chi connectivity index (χ3n) is 3.04. The van der Waals surface area contributed by atoms with Gasteiger partial charge in [0.2, 0.25) is 0 Å². The lowest BCUT2D eigenvalue weighted by atomic mass is 10.1. The summed E-state index contributed by atoms with van der Waals surface area (Å²) in [7, 11) is 5.35. The zero-order chi connectivity index (χ0) is 13.3. The summed E-state index contributed by atoms with van der Waals surface area (Å²) in [4.78, 5) is 12.1. The number of ketones is 1. The number of benzene rings is 1. The predicted octanol–water partition coefficient (Wildman–Crippen LogP) is 1.90. The molecule has 0 saturated carbocycles. The van der Waals surface area contributed by atoms with Crippen molar-refractivity contribution >= 4 is 16.7 Å². The van der Waals surface area contributed by atoms with E-state index in [0.29, 0.717) is 6.54 Å². The molecule has 0 saturated heterocycles. The average Bonchev–Trinajstić information content (AvgIpc) is 2.66. The third kappa shape index (κ3) is 1.99. The highest BCUT2D eigenvalue weighted by Crippen LogP contribution is 2.31. The number of carbonyl (C=O) groups excluding carboxylic acids is 1. The van der Waals surface area contributed by atoms with Gasteiger partial charge >= 0.3 is 0 Å². The molecule has 4 heteroatoms. The Balaban J connectivity index is 2.70. The molecule has 1 heterocycles. The van der Waals surface area contributed by atoms with Gasteiger partial charge in [-0.05, 0) is 31.7 Å². The highest BCUT2D eigenvalue weighted by Gasteiger charge is 2.16. The van der Waals surface area contributed by atoms with Gasteiger partial charge in [-0.25, -0.2) is 0 Å². The fourth-order valence-corrected chi connectivity index (χ4v) is 2.28. The largest absolute Gasteiger partial charge is 0.495 e. The smallest absolute Gasteiger partial charge is 0.178 e. The van der Waals surface area contributed by atoms with Crippen molar-refractivity contribution in [2.45, 2.75) is 6.92 Å². The number of rotatable bonds is 4. The Kier molecular flexibility index (Phi) is 3.39. The number of nitrogens with zero attached hydrogens (tertiary/aromatic N) is 1. The SMILES string of the molecule is CNCC(=O)c1cn(C)c2c(OC)cc(C)cc12. The lowest BCUT2D eigenvalue weighted by Crippen LogP contribution is -2.18. The monoisotopic (exact) mass is 246 g/mol. The molecule has 0 unspecified atom stereocenters. The number of Topliss-reactive ketones (excluding diaryl/α,β-unsaturated/α-hetero) is 1. The molecule has 0 aliphatic heterocycles. The molecular weight excluding hydrogens is 228 g/mol. The summed E-state index contributed by atoms with van der Waals surface area (Å²) in [5.41, 5.74) is 2.79. The lowest BCUT2D eigenvalue weighted by molar-refractivity contribution is 0.0995. The van der Waals surface area contributed by atoms with Crippen molar-refractivity contribution in [3.05, 3.63) is 29.5 Å². The summed E-state index contributed by atoms with van der Waals surface area (Å²) in [6, 6.07) is 4.01. The van der Waals surface area contributed by atoms with Gasteiger partial charge in [0.05, 0.1) is 19.2 Å². The van der Waals surface area contributed by atoms with Crippen LogP contribution in [-0.2, 0) is 7.05 Å². The standard InChI is InChI=1S/C14H18N2O2/c1-9-5-10-11(12(17)7-15-2)8-16(3)14(10)13(6-9)18-4/h5-6,8,15H,7H2,1-4H3. The van der Waals surface area contributed by atoms with E-state index in [2.05, 4.69) is 5.32 Å². The number of aryl methyl sites for hydroxylation is 2. The van der Waals surface area contributed by atoms with Crippen molar-refractivity contribution < 1.29 is 9.53 Å². The fraction of sp³-hybridized carbons (Fsp3) is 0.357. The van der Waals surface area contributed by atoms with Crippen molar-refractivity contribution in [1.82, 2.24) is 9.88 Å². The molecule has 0 spiro atoms. The van der Waals surface area contributed by atoms with E-state index < -0.39 is 0 Å². The summed E-state index contributed by atoms with van der Waals surface area (Å²) in [5, 5.41) is 3.85. The maximum atomic E-state index is 12.1. The number of hydrogen-bond acceptors (Lipinski definition) is 3. The molecular formula is C14H18N2O2.